The highest BCUT2D eigenvalue weighted by Gasteiger charge is 2.26. The summed E-state index contributed by atoms with van der Waals surface area (Å²) >= 11 is 0. The molecule has 0 saturated heterocycles. The van der Waals surface area contributed by atoms with Crippen molar-refractivity contribution in [1.29, 1.82) is 0 Å². The molecule has 0 radical (unpaired) electrons. The third kappa shape index (κ3) is 3.88. The molecular formula is C13H20N2O4S2. The summed E-state index contributed by atoms with van der Waals surface area (Å²) in [6.07, 6.45) is 3.19. The zero-order valence-corrected chi connectivity index (χ0v) is 13.8. The molecule has 2 rings (SSSR count). The van der Waals surface area contributed by atoms with E-state index in [2.05, 4.69) is 4.72 Å². The van der Waals surface area contributed by atoms with E-state index in [1.165, 1.54) is 10.6 Å². The van der Waals surface area contributed by atoms with Crippen LogP contribution in [-0.4, -0.2) is 35.4 Å². The molecule has 0 fully saturated rings. The summed E-state index contributed by atoms with van der Waals surface area (Å²) in [5.41, 5.74) is 1.96. The summed E-state index contributed by atoms with van der Waals surface area (Å²) in [6, 6.07) is 4.97. The van der Waals surface area contributed by atoms with E-state index >= 15 is 0 Å². The van der Waals surface area contributed by atoms with Gasteiger partial charge in [-0.15, -0.1) is 0 Å². The monoisotopic (exact) mass is 332 g/mol. The van der Waals surface area contributed by atoms with Gasteiger partial charge in [0.15, 0.2) is 0 Å². The van der Waals surface area contributed by atoms with Crippen LogP contribution >= 0.6 is 0 Å². The Morgan fingerprint density at radius 1 is 1.24 bits per heavy atom. The molecule has 0 saturated carbocycles. The maximum atomic E-state index is 11.9. The smallest absolute Gasteiger partial charge is 0.232 e. The van der Waals surface area contributed by atoms with Crippen molar-refractivity contribution in [1.82, 2.24) is 0 Å². The third-order valence-electron chi connectivity index (χ3n) is 3.37. The molecule has 1 aromatic rings. The second kappa shape index (κ2) is 5.84. The molecule has 6 nitrogen and oxygen atoms in total. The van der Waals surface area contributed by atoms with Crippen LogP contribution in [0.15, 0.2) is 18.2 Å². The Balaban J connectivity index is 2.20. The van der Waals surface area contributed by atoms with Gasteiger partial charge in [-0.1, -0.05) is 13.3 Å². The van der Waals surface area contributed by atoms with Crippen LogP contribution in [0.25, 0.3) is 0 Å². The van der Waals surface area contributed by atoms with E-state index in [0.29, 0.717) is 30.8 Å². The van der Waals surface area contributed by atoms with E-state index in [1.54, 1.807) is 18.2 Å². The van der Waals surface area contributed by atoms with Gasteiger partial charge in [-0.2, -0.15) is 0 Å². The number of nitrogens with zero attached hydrogens (tertiary/aromatic N) is 1. The molecule has 1 heterocycles. The Morgan fingerprint density at radius 3 is 2.57 bits per heavy atom. The van der Waals surface area contributed by atoms with Gasteiger partial charge in [0.2, 0.25) is 20.0 Å². The normalized spacial score (nSPS) is 15.0. The fourth-order valence-corrected chi connectivity index (χ4v) is 4.56. The van der Waals surface area contributed by atoms with Gasteiger partial charge in [0.25, 0.3) is 0 Å². The van der Waals surface area contributed by atoms with Crippen LogP contribution in [0.3, 0.4) is 0 Å². The lowest BCUT2D eigenvalue weighted by atomic mass is 10.1. The standard InChI is InChI=1S/C13H20N2O4S2/c1-3-4-9-21(18,19)14-12-5-6-13-11(10-12)7-8-15(13)20(2,16)17/h5-6,10,14H,3-4,7-9H2,1-2H3. The molecule has 0 spiro atoms. The number of benzene rings is 1. The predicted molar refractivity (Wildman–Crippen MR) is 84.7 cm³/mol. The van der Waals surface area contributed by atoms with Gasteiger partial charge >= 0.3 is 0 Å². The van der Waals surface area contributed by atoms with Gasteiger partial charge in [-0.25, -0.2) is 16.8 Å². The van der Waals surface area contributed by atoms with Gasteiger partial charge in [0.1, 0.15) is 0 Å². The third-order valence-corrected chi connectivity index (χ3v) is 5.93. The van der Waals surface area contributed by atoms with E-state index in [9.17, 15) is 16.8 Å². The maximum Gasteiger partial charge on any atom is 0.232 e. The molecule has 0 amide bonds. The average Bonchev–Trinajstić information content (AvgIpc) is 2.78. The number of nitrogens with one attached hydrogen (secondary N) is 1. The first-order valence-electron chi connectivity index (χ1n) is 6.84. The van der Waals surface area contributed by atoms with E-state index in [4.69, 9.17) is 0 Å². The molecule has 8 heteroatoms. The molecule has 0 aromatic heterocycles. The summed E-state index contributed by atoms with van der Waals surface area (Å²) < 4.78 is 50.9. The second-order valence-corrected chi connectivity index (χ2v) is 8.95. The minimum atomic E-state index is -3.34. The molecule has 1 aliphatic heterocycles. The lowest BCUT2D eigenvalue weighted by molar-refractivity contribution is 0.596. The zero-order valence-electron chi connectivity index (χ0n) is 12.2. The van der Waals surface area contributed by atoms with Crippen molar-refractivity contribution in [2.75, 3.05) is 27.6 Å². The first kappa shape index (κ1) is 16.1. The van der Waals surface area contributed by atoms with Crippen molar-refractivity contribution in [2.45, 2.75) is 26.2 Å². The summed E-state index contributed by atoms with van der Waals surface area (Å²) in [7, 11) is -6.62. The van der Waals surface area contributed by atoms with Crippen LogP contribution in [0.4, 0.5) is 11.4 Å². The second-order valence-electron chi connectivity index (χ2n) is 5.20. The number of sulfonamides is 2. The first-order chi connectivity index (χ1) is 9.73. The number of anilines is 2. The van der Waals surface area contributed by atoms with Crippen molar-refractivity contribution in [2.24, 2.45) is 0 Å². The number of hydrogen-bond donors (Lipinski definition) is 1. The predicted octanol–water partition coefficient (Wildman–Crippen LogP) is 1.55. The minimum Gasteiger partial charge on any atom is -0.284 e. The van der Waals surface area contributed by atoms with Crippen molar-refractivity contribution >= 4 is 31.4 Å². The number of fused-ring (bicyclic) bond motifs is 1. The Hall–Kier alpha value is -1.28. The van der Waals surface area contributed by atoms with Crippen LogP contribution in [0.1, 0.15) is 25.3 Å². The number of hydrogen-bond acceptors (Lipinski definition) is 4. The molecular weight excluding hydrogens is 312 g/mol. The van der Waals surface area contributed by atoms with E-state index < -0.39 is 20.0 Å². The van der Waals surface area contributed by atoms with Crippen LogP contribution in [0.5, 0.6) is 0 Å². The van der Waals surface area contributed by atoms with E-state index in [1.807, 2.05) is 6.92 Å². The van der Waals surface area contributed by atoms with Crippen LogP contribution in [-0.2, 0) is 26.5 Å². The molecule has 0 bridgehead atoms. The SMILES string of the molecule is CCCCS(=O)(=O)Nc1ccc2c(c1)CCN2S(C)(=O)=O. The van der Waals surface area contributed by atoms with Gasteiger partial charge in [0.05, 0.1) is 17.7 Å². The Bertz CT molecular complexity index is 727. The Labute approximate surface area is 126 Å². The highest BCUT2D eigenvalue weighted by molar-refractivity contribution is 7.92. The first-order valence-corrected chi connectivity index (χ1v) is 10.3. The fourth-order valence-electron chi connectivity index (χ4n) is 2.34. The van der Waals surface area contributed by atoms with Crippen molar-refractivity contribution in [3.63, 3.8) is 0 Å². The summed E-state index contributed by atoms with van der Waals surface area (Å²) in [5, 5.41) is 0. The highest BCUT2D eigenvalue weighted by atomic mass is 32.2. The number of rotatable bonds is 6. The topological polar surface area (TPSA) is 83.6 Å². The quantitative estimate of drug-likeness (QED) is 0.857. The van der Waals surface area contributed by atoms with E-state index in [-0.39, 0.29) is 5.75 Å². The van der Waals surface area contributed by atoms with Gasteiger partial charge in [0, 0.05) is 12.2 Å². The number of unbranched alkanes of at least 4 members (excludes halogenated alkanes) is 1. The molecule has 1 N–H and O–H groups in total. The highest BCUT2D eigenvalue weighted by Crippen LogP contribution is 2.32. The lowest BCUT2D eigenvalue weighted by Gasteiger charge is -2.16. The molecule has 0 aliphatic carbocycles. The Kier molecular flexibility index (Phi) is 4.48. The summed E-state index contributed by atoms with van der Waals surface area (Å²) in [4.78, 5) is 0. The molecule has 21 heavy (non-hydrogen) atoms. The molecule has 1 aliphatic rings. The van der Waals surface area contributed by atoms with Gasteiger partial charge in [-0.05, 0) is 36.6 Å². The molecule has 0 unspecified atom stereocenters. The van der Waals surface area contributed by atoms with Gasteiger partial charge in [-0.3, -0.25) is 9.03 Å². The fraction of sp³-hybridized carbons (Fsp3) is 0.538. The lowest BCUT2D eigenvalue weighted by Crippen LogP contribution is -2.27. The van der Waals surface area contributed by atoms with Gasteiger partial charge < -0.3 is 0 Å². The molecule has 0 atom stereocenters. The largest absolute Gasteiger partial charge is 0.284 e. The van der Waals surface area contributed by atoms with Crippen LogP contribution < -0.4 is 9.03 Å². The Morgan fingerprint density at radius 2 is 1.95 bits per heavy atom. The summed E-state index contributed by atoms with van der Waals surface area (Å²) in [5.74, 6) is 0.0933. The zero-order chi connectivity index (χ0) is 15.7. The average molecular weight is 332 g/mol. The van der Waals surface area contributed by atoms with Crippen molar-refractivity contribution in [3.8, 4) is 0 Å². The molecule has 1 aromatic carbocycles. The van der Waals surface area contributed by atoms with Crippen molar-refractivity contribution < 1.29 is 16.8 Å². The van der Waals surface area contributed by atoms with E-state index in [0.717, 1.165) is 12.0 Å². The molecule has 118 valence electrons. The van der Waals surface area contributed by atoms with Crippen molar-refractivity contribution in [3.05, 3.63) is 23.8 Å². The van der Waals surface area contributed by atoms with Crippen LogP contribution in [0.2, 0.25) is 0 Å². The minimum absolute atomic E-state index is 0.0933. The maximum absolute atomic E-state index is 11.9. The van der Waals surface area contributed by atoms with Crippen LogP contribution in [0, 0.1) is 0 Å². The summed E-state index contributed by atoms with van der Waals surface area (Å²) in [6.45, 7) is 2.34.